The third-order valence-corrected chi connectivity index (χ3v) is 5.89. The summed E-state index contributed by atoms with van der Waals surface area (Å²) in [5, 5.41) is 34.8. The van der Waals surface area contributed by atoms with Crippen molar-refractivity contribution in [2.45, 2.75) is 60.7 Å². The Hall–Kier alpha value is -3.94. The number of aliphatic hydroxyl groups excluding tert-OH is 1. The molecule has 2 rings (SSSR count). The van der Waals surface area contributed by atoms with Gasteiger partial charge in [-0.3, -0.25) is 29.0 Å². The van der Waals surface area contributed by atoms with Crippen molar-refractivity contribution < 1.29 is 34.5 Å². The number of carboxylic acids is 2. The predicted molar refractivity (Wildman–Crippen MR) is 156 cm³/mol. The molecule has 0 radical (unpaired) electrons. The van der Waals surface area contributed by atoms with E-state index < -0.39 is 42.0 Å². The first-order valence-electron chi connectivity index (χ1n) is 13.5. The zero-order chi connectivity index (χ0) is 31.7. The zero-order valence-corrected chi connectivity index (χ0v) is 25.0. The van der Waals surface area contributed by atoms with Gasteiger partial charge in [-0.2, -0.15) is 0 Å². The summed E-state index contributed by atoms with van der Waals surface area (Å²) in [6.45, 7) is 9.91. The number of aliphatic carboxylic acids is 2. The highest BCUT2D eigenvalue weighted by atomic mass is 16.4. The molecule has 2 aromatic rings. The number of carboxylic acid groups (broad SMARTS) is 2. The molecule has 0 aromatic carbocycles. The third kappa shape index (κ3) is 12.3. The van der Waals surface area contributed by atoms with Crippen LogP contribution in [-0.2, 0) is 32.3 Å². The fourth-order valence-corrected chi connectivity index (χ4v) is 3.75. The van der Waals surface area contributed by atoms with Crippen LogP contribution in [0.4, 0.5) is 11.6 Å². The summed E-state index contributed by atoms with van der Waals surface area (Å²) in [6.07, 6.45) is -1.11. The molecule has 0 aliphatic rings. The summed E-state index contributed by atoms with van der Waals surface area (Å²) in [5.74, 6) is -2.09. The van der Waals surface area contributed by atoms with Gasteiger partial charge in [0.15, 0.2) is 0 Å². The van der Waals surface area contributed by atoms with E-state index in [1.807, 2.05) is 4.90 Å². The molecule has 1 unspecified atom stereocenters. The number of hydrogen-bond donors (Lipinski definition) is 5. The molecule has 13 nitrogen and oxygen atoms in total. The molecule has 2 heterocycles. The number of nitrogens with one attached hydrogen (secondary N) is 2. The minimum Gasteiger partial charge on any atom is -0.480 e. The van der Waals surface area contributed by atoms with E-state index in [-0.39, 0.29) is 38.0 Å². The molecule has 230 valence electrons. The Kier molecular flexibility index (Phi) is 12.1. The van der Waals surface area contributed by atoms with Gasteiger partial charge in [-0.15, -0.1) is 0 Å². The molecule has 0 saturated heterocycles. The SMILES string of the molecule is CC(C)(C)C(=O)Nc1cccc(CN(Cc2cccc(NC(=O)C(C)(C)C)n2)CC(O)CN(CC(=O)O)CC(=O)O)n1. The molecule has 0 bridgehead atoms. The number of rotatable bonds is 14. The van der Waals surface area contributed by atoms with Crippen molar-refractivity contribution in [1.82, 2.24) is 19.8 Å². The van der Waals surface area contributed by atoms with E-state index in [0.717, 1.165) is 4.90 Å². The number of carbonyl (C=O) groups excluding carboxylic acids is 2. The summed E-state index contributed by atoms with van der Waals surface area (Å²) in [6, 6.07) is 10.4. The average molecular weight is 587 g/mol. The number of aliphatic hydroxyl groups is 1. The number of anilines is 2. The Bertz CT molecular complexity index is 1170. The largest absolute Gasteiger partial charge is 0.480 e. The van der Waals surface area contributed by atoms with Crippen LogP contribution in [0.25, 0.3) is 0 Å². The molecule has 0 aliphatic heterocycles. The summed E-state index contributed by atoms with van der Waals surface area (Å²) in [5.41, 5.74) is -0.0758. The molecule has 2 amide bonds. The first-order chi connectivity index (χ1) is 19.4. The maximum Gasteiger partial charge on any atom is 0.317 e. The van der Waals surface area contributed by atoms with E-state index in [2.05, 4.69) is 20.6 Å². The Labute approximate surface area is 246 Å². The normalized spacial score (nSPS) is 12.7. The number of aromatic nitrogens is 2. The fraction of sp³-hybridized carbons (Fsp3) is 0.517. The van der Waals surface area contributed by atoms with Gasteiger partial charge in [0.05, 0.1) is 30.6 Å². The second kappa shape index (κ2) is 14.8. The molecule has 1 atom stereocenters. The van der Waals surface area contributed by atoms with Crippen molar-refractivity contribution in [3.63, 3.8) is 0 Å². The molecule has 42 heavy (non-hydrogen) atoms. The Morgan fingerprint density at radius 2 is 1.10 bits per heavy atom. The van der Waals surface area contributed by atoms with Crippen LogP contribution < -0.4 is 10.6 Å². The molecule has 0 fully saturated rings. The van der Waals surface area contributed by atoms with Crippen molar-refractivity contribution in [1.29, 1.82) is 0 Å². The molecule has 2 aromatic heterocycles. The summed E-state index contributed by atoms with van der Waals surface area (Å²) in [4.78, 5) is 59.4. The van der Waals surface area contributed by atoms with Gasteiger partial charge in [-0.05, 0) is 24.3 Å². The van der Waals surface area contributed by atoms with Crippen LogP contribution in [0.15, 0.2) is 36.4 Å². The van der Waals surface area contributed by atoms with E-state index in [9.17, 15) is 24.3 Å². The third-order valence-electron chi connectivity index (χ3n) is 5.89. The predicted octanol–water partition coefficient (Wildman–Crippen LogP) is 2.28. The van der Waals surface area contributed by atoms with Gasteiger partial charge >= 0.3 is 11.9 Å². The number of hydrogen-bond acceptors (Lipinski definition) is 9. The quantitative estimate of drug-likeness (QED) is 0.219. The molecule has 0 saturated carbocycles. The maximum atomic E-state index is 12.5. The highest BCUT2D eigenvalue weighted by Gasteiger charge is 2.24. The highest BCUT2D eigenvalue weighted by Crippen LogP contribution is 2.19. The highest BCUT2D eigenvalue weighted by molar-refractivity contribution is 5.94. The van der Waals surface area contributed by atoms with Crippen LogP contribution in [0.1, 0.15) is 52.9 Å². The molecular weight excluding hydrogens is 544 g/mol. The Morgan fingerprint density at radius 1 is 0.714 bits per heavy atom. The van der Waals surface area contributed by atoms with Crippen molar-refractivity contribution >= 4 is 35.4 Å². The lowest BCUT2D eigenvalue weighted by Crippen LogP contribution is -2.43. The van der Waals surface area contributed by atoms with Gasteiger partial charge in [-0.25, -0.2) is 9.97 Å². The second-order valence-corrected chi connectivity index (χ2v) is 12.2. The lowest BCUT2D eigenvalue weighted by Gasteiger charge is -2.28. The smallest absolute Gasteiger partial charge is 0.317 e. The summed E-state index contributed by atoms with van der Waals surface area (Å²) in [7, 11) is 0. The minimum absolute atomic E-state index is 0.0241. The van der Waals surface area contributed by atoms with Crippen LogP contribution in [-0.4, -0.2) is 91.1 Å². The lowest BCUT2D eigenvalue weighted by molar-refractivity contribution is -0.142. The van der Waals surface area contributed by atoms with Crippen molar-refractivity contribution in [2.75, 3.05) is 36.8 Å². The number of pyridine rings is 2. The molecular formula is C29H42N6O7. The number of carbonyl (C=O) groups is 4. The summed E-state index contributed by atoms with van der Waals surface area (Å²) < 4.78 is 0. The van der Waals surface area contributed by atoms with Gasteiger partial charge in [0.1, 0.15) is 11.6 Å². The fourth-order valence-electron chi connectivity index (χ4n) is 3.75. The van der Waals surface area contributed by atoms with E-state index in [4.69, 9.17) is 10.2 Å². The van der Waals surface area contributed by atoms with E-state index >= 15 is 0 Å². The van der Waals surface area contributed by atoms with E-state index in [0.29, 0.717) is 23.0 Å². The van der Waals surface area contributed by atoms with Crippen LogP contribution in [0.2, 0.25) is 0 Å². The Balaban J connectivity index is 2.29. The lowest BCUT2D eigenvalue weighted by atomic mass is 9.96. The topological polar surface area (TPSA) is 185 Å². The molecule has 13 heteroatoms. The first-order valence-corrected chi connectivity index (χ1v) is 13.5. The van der Waals surface area contributed by atoms with Gasteiger partial charge in [0, 0.05) is 37.0 Å². The van der Waals surface area contributed by atoms with E-state index in [1.165, 1.54) is 0 Å². The minimum atomic E-state index is -1.21. The van der Waals surface area contributed by atoms with Crippen LogP contribution in [0.5, 0.6) is 0 Å². The van der Waals surface area contributed by atoms with Gasteiger partial charge < -0.3 is 26.0 Å². The molecule has 0 spiro atoms. The van der Waals surface area contributed by atoms with E-state index in [1.54, 1.807) is 77.9 Å². The van der Waals surface area contributed by atoms with Crippen LogP contribution >= 0.6 is 0 Å². The van der Waals surface area contributed by atoms with Crippen molar-refractivity contribution in [2.24, 2.45) is 10.8 Å². The van der Waals surface area contributed by atoms with Crippen molar-refractivity contribution in [3.8, 4) is 0 Å². The zero-order valence-electron chi connectivity index (χ0n) is 25.0. The molecule has 5 N–H and O–H groups in total. The van der Waals surface area contributed by atoms with Gasteiger partial charge in [0.2, 0.25) is 11.8 Å². The monoisotopic (exact) mass is 586 g/mol. The number of amides is 2. The first kappa shape index (κ1) is 34.3. The maximum absolute atomic E-state index is 12.5. The van der Waals surface area contributed by atoms with Crippen LogP contribution in [0, 0.1) is 10.8 Å². The number of nitrogens with zero attached hydrogens (tertiary/aromatic N) is 4. The van der Waals surface area contributed by atoms with Gasteiger partial charge in [0.25, 0.3) is 0 Å². The standard InChI is InChI=1S/C29H42N6O7/c1-28(2,3)26(41)32-22-11-7-9-19(30-22)13-34(15-21(36)16-35(17-24(37)38)18-25(39)40)14-20-10-8-12-23(31-20)33-27(42)29(4,5)6/h7-12,21,36H,13-18H2,1-6H3,(H,37,38)(H,39,40)(H,30,32,41)(H,31,33,42). The molecule has 0 aliphatic carbocycles. The second-order valence-electron chi connectivity index (χ2n) is 12.2. The van der Waals surface area contributed by atoms with Crippen molar-refractivity contribution in [3.05, 3.63) is 47.8 Å². The Morgan fingerprint density at radius 3 is 1.45 bits per heavy atom. The average Bonchev–Trinajstić information content (AvgIpc) is 2.82. The van der Waals surface area contributed by atoms with Gasteiger partial charge in [-0.1, -0.05) is 53.7 Å². The summed E-state index contributed by atoms with van der Waals surface area (Å²) >= 11 is 0. The van der Waals surface area contributed by atoms with Crippen LogP contribution in [0.3, 0.4) is 0 Å².